The fourth-order valence-electron chi connectivity index (χ4n) is 11.8. The third-order valence-corrected chi connectivity index (χ3v) is 12.6. The number of ether oxygens (including phenoxy) is 6. The van der Waals surface area contributed by atoms with E-state index in [0.29, 0.717) is 25.3 Å². The van der Waals surface area contributed by atoms with Crippen molar-refractivity contribution in [1.82, 2.24) is 4.90 Å². The number of piperidine rings is 1. The molecule has 45 heavy (non-hydrogen) atoms. The van der Waals surface area contributed by atoms with Crippen molar-refractivity contribution in [2.24, 2.45) is 34.5 Å². The van der Waals surface area contributed by atoms with Crippen LogP contribution in [-0.2, 0) is 33.2 Å². The van der Waals surface area contributed by atoms with E-state index < -0.39 is 82.2 Å². The SMILES string of the molecule is CCN1C[C@]2(COC)C=C[C@H](OC)[C@]34C1[C@H]([C@H](OC)[C@H]23)[C@]1(OC(C)=O)[C@H]2[C@@H](OC(=O)c3ccccc3)[C@](O)(C[C@H]24)[C@@H](OC)[C@@H]1O. The van der Waals surface area contributed by atoms with E-state index >= 15 is 0 Å². The Hall–Kier alpha value is -2.38. The third kappa shape index (κ3) is 3.61. The number of esters is 2. The Morgan fingerprint density at radius 2 is 1.76 bits per heavy atom. The number of hydrogen-bond donors (Lipinski definition) is 2. The molecule has 11 heteroatoms. The normalized spacial score (nSPS) is 48.7. The Balaban J connectivity index is 1.52. The lowest BCUT2D eigenvalue weighted by Gasteiger charge is -2.68. The summed E-state index contributed by atoms with van der Waals surface area (Å²) in [5.41, 5.74) is -4.25. The summed E-state index contributed by atoms with van der Waals surface area (Å²) in [4.78, 5) is 29.3. The number of carbonyl (C=O) groups excluding carboxylic acids is 2. The van der Waals surface area contributed by atoms with E-state index in [1.54, 1.807) is 51.7 Å². The highest BCUT2D eigenvalue weighted by atomic mass is 16.6. The molecular formula is C34H45NO10. The van der Waals surface area contributed by atoms with E-state index in [4.69, 9.17) is 28.4 Å². The molecule has 5 aliphatic carbocycles. The Labute approximate surface area is 263 Å². The summed E-state index contributed by atoms with van der Waals surface area (Å²) >= 11 is 0. The van der Waals surface area contributed by atoms with Crippen LogP contribution < -0.4 is 0 Å². The van der Waals surface area contributed by atoms with Gasteiger partial charge in [-0.25, -0.2) is 4.79 Å². The Kier molecular flexibility index (Phi) is 7.33. The minimum atomic E-state index is -1.78. The van der Waals surface area contributed by atoms with Crippen LogP contribution in [0.5, 0.6) is 0 Å². The molecule has 5 fully saturated rings. The molecule has 1 spiro atoms. The summed E-state index contributed by atoms with van der Waals surface area (Å²) in [6.07, 6.45) is -0.280. The van der Waals surface area contributed by atoms with Gasteiger partial charge in [0.05, 0.1) is 24.4 Å². The molecule has 11 nitrogen and oxygen atoms in total. The van der Waals surface area contributed by atoms with Gasteiger partial charge in [-0.05, 0) is 31.0 Å². The minimum absolute atomic E-state index is 0.132. The van der Waals surface area contributed by atoms with Crippen molar-refractivity contribution >= 4 is 11.9 Å². The number of benzene rings is 1. The van der Waals surface area contributed by atoms with E-state index in [0.717, 1.165) is 0 Å². The monoisotopic (exact) mass is 627 g/mol. The zero-order valence-corrected chi connectivity index (χ0v) is 26.8. The van der Waals surface area contributed by atoms with E-state index in [-0.39, 0.29) is 18.4 Å². The number of rotatable bonds is 9. The Morgan fingerprint density at radius 1 is 1.02 bits per heavy atom. The Bertz CT molecular complexity index is 1370. The largest absolute Gasteiger partial charge is 0.455 e. The molecule has 0 amide bonds. The molecule has 1 unspecified atom stereocenters. The fraction of sp³-hybridized carbons (Fsp3) is 0.706. The van der Waals surface area contributed by atoms with Crippen LogP contribution in [0.15, 0.2) is 42.5 Å². The number of aliphatic hydroxyl groups is 2. The summed E-state index contributed by atoms with van der Waals surface area (Å²) < 4.78 is 37.5. The molecule has 0 aromatic heterocycles. The van der Waals surface area contributed by atoms with Crippen molar-refractivity contribution < 1.29 is 48.2 Å². The summed E-state index contributed by atoms with van der Waals surface area (Å²) in [5.74, 6) is -3.19. The maximum atomic E-state index is 13.7. The number of nitrogens with zero attached hydrogens (tertiary/aromatic N) is 1. The average molecular weight is 628 g/mol. The number of fused-ring (bicyclic) bond motifs is 2. The first-order valence-electron chi connectivity index (χ1n) is 15.9. The van der Waals surface area contributed by atoms with E-state index in [2.05, 4.69) is 24.0 Å². The molecule has 1 aliphatic heterocycles. The maximum absolute atomic E-state index is 13.7. The van der Waals surface area contributed by atoms with Gasteiger partial charge in [-0.3, -0.25) is 9.69 Å². The average Bonchev–Trinajstić information content (AvgIpc) is 3.40. The first kappa shape index (κ1) is 31.2. The summed E-state index contributed by atoms with van der Waals surface area (Å²) in [6.45, 7) is 5.19. The zero-order valence-electron chi connectivity index (χ0n) is 26.8. The number of aliphatic hydroxyl groups excluding tert-OH is 1. The van der Waals surface area contributed by atoms with Gasteiger partial charge in [0, 0.05) is 76.5 Å². The highest BCUT2D eigenvalue weighted by Crippen LogP contribution is 2.79. The van der Waals surface area contributed by atoms with Gasteiger partial charge < -0.3 is 38.6 Å². The van der Waals surface area contributed by atoms with Gasteiger partial charge in [0.2, 0.25) is 0 Å². The van der Waals surface area contributed by atoms with Crippen LogP contribution in [0.4, 0.5) is 0 Å². The van der Waals surface area contributed by atoms with Gasteiger partial charge in [-0.1, -0.05) is 37.3 Å². The van der Waals surface area contributed by atoms with Crippen molar-refractivity contribution in [1.29, 1.82) is 0 Å². The number of hydrogen-bond acceptors (Lipinski definition) is 11. The van der Waals surface area contributed by atoms with Crippen LogP contribution >= 0.6 is 0 Å². The maximum Gasteiger partial charge on any atom is 0.338 e. The second-order valence-electron chi connectivity index (χ2n) is 14.0. The van der Waals surface area contributed by atoms with Crippen molar-refractivity contribution in [2.45, 2.75) is 68.0 Å². The lowest BCUT2D eigenvalue weighted by Crippen LogP contribution is -2.80. The van der Waals surface area contributed by atoms with Gasteiger partial charge in [0.15, 0.2) is 5.60 Å². The van der Waals surface area contributed by atoms with E-state index in [9.17, 15) is 19.8 Å². The van der Waals surface area contributed by atoms with Crippen molar-refractivity contribution in [3.05, 3.63) is 48.0 Å². The first-order chi connectivity index (χ1) is 21.6. The van der Waals surface area contributed by atoms with Crippen LogP contribution in [0.1, 0.15) is 30.6 Å². The van der Waals surface area contributed by atoms with E-state index in [1.807, 2.05) is 0 Å². The standard InChI is InChI=1S/C34H45NO10/c1-7-35-16-31(17-40-3)14-13-21(41-4)33-20-15-32(39)28(44-30(38)19-11-9-8-10-12-19)22(20)34(45-18(2)36,27(37)29(32)43-6)23(26(33)35)24(42-5)25(31)33/h8-14,20-29,37,39H,7,15-17H2,1-6H3/t20-,21+,22-,23+,24+,25-,26?,27+,28-,29+,31+,32-,33+,34-/m1/s1. The fourth-order valence-corrected chi connectivity index (χ4v) is 11.8. The van der Waals surface area contributed by atoms with Gasteiger partial charge in [0.25, 0.3) is 0 Å². The molecule has 1 heterocycles. The van der Waals surface area contributed by atoms with Crippen molar-refractivity contribution in [3.8, 4) is 0 Å². The molecule has 0 radical (unpaired) electrons. The summed E-state index contributed by atoms with van der Waals surface area (Å²) in [5, 5.41) is 25.2. The van der Waals surface area contributed by atoms with E-state index in [1.165, 1.54) is 14.0 Å². The van der Waals surface area contributed by atoms with Gasteiger partial charge in [-0.15, -0.1) is 0 Å². The van der Waals surface area contributed by atoms with Crippen molar-refractivity contribution in [3.63, 3.8) is 0 Å². The third-order valence-electron chi connectivity index (χ3n) is 12.6. The minimum Gasteiger partial charge on any atom is -0.455 e. The second kappa shape index (κ2) is 10.6. The second-order valence-corrected chi connectivity index (χ2v) is 14.0. The number of carbonyl (C=O) groups is 2. The van der Waals surface area contributed by atoms with Crippen LogP contribution in [-0.4, -0.2) is 123 Å². The first-order valence-corrected chi connectivity index (χ1v) is 15.9. The lowest BCUT2D eigenvalue weighted by molar-refractivity contribution is -0.312. The molecule has 1 aromatic carbocycles. The molecule has 14 atom stereocenters. The number of methoxy groups -OCH3 is 4. The molecule has 7 rings (SSSR count). The number of likely N-dealkylation sites (tertiary alicyclic amines) is 1. The smallest absolute Gasteiger partial charge is 0.338 e. The highest BCUT2D eigenvalue weighted by molar-refractivity contribution is 5.89. The molecule has 246 valence electrons. The Morgan fingerprint density at radius 3 is 2.36 bits per heavy atom. The van der Waals surface area contributed by atoms with Gasteiger partial charge in [-0.2, -0.15) is 0 Å². The van der Waals surface area contributed by atoms with Crippen LogP contribution in [0.2, 0.25) is 0 Å². The molecule has 4 saturated carbocycles. The van der Waals surface area contributed by atoms with Crippen molar-refractivity contribution in [2.75, 3.05) is 48.1 Å². The molecular weight excluding hydrogens is 582 g/mol. The quantitative estimate of drug-likeness (QED) is 0.305. The van der Waals surface area contributed by atoms with Crippen LogP contribution in [0, 0.1) is 34.5 Å². The zero-order chi connectivity index (χ0) is 32.1. The van der Waals surface area contributed by atoms with Crippen LogP contribution in [0.25, 0.3) is 0 Å². The predicted molar refractivity (Wildman–Crippen MR) is 159 cm³/mol. The highest BCUT2D eigenvalue weighted by Gasteiger charge is 2.91. The topological polar surface area (TPSA) is 133 Å². The summed E-state index contributed by atoms with van der Waals surface area (Å²) in [7, 11) is 6.47. The molecule has 2 N–H and O–H groups in total. The molecule has 1 saturated heterocycles. The lowest BCUT2D eigenvalue weighted by atomic mass is 9.44. The summed E-state index contributed by atoms with van der Waals surface area (Å²) in [6, 6.07) is 8.33. The predicted octanol–water partition coefficient (Wildman–Crippen LogP) is 1.45. The molecule has 6 aliphatic rings. The van der Waals surface area contributed by atoms with Gasteiger partial charge in [0.1, 0.15) is 23.9 Å². The van der Waals surface area contributed by atoms with Crippen LogP contribution in [0.3, 0.4) is 0 Å². The molecule has 7 bridgehead atoms. The van der Waals surface area contributed by atoms with Gasteiger partial charge >= 0.3 is 11.9 Å². The molecule has 1 aromatic rings.